The van der Waals surface area contributed by atoms with E-state index in [2.05, 4.69) is 35.8 Å². The Morgan fingerprint density at radius 1 is 1.42 bits per heavy atom. The molecule has 0 aliphatic carbocycles. The number of aromatic nitrogens is 1. The minimum absolute atomic E-state index is 0.762. The van der Waals surface area contributed by atoms with E-state index in [0.717, 1.165) is 11.2 Å². The van der Waals surface area contributed by atoms with Crippen LogP contribution in [-0.4, -0.2) is 16.0 Å². The van der Waals surface area contributed by atoms with Gasteiger partial charge in [-0.1, -0.05) is 6.92 Å². The van der Waals surface area contributed by atoms with E-state index in [0.29, 0.717) is 0 Å². The molecule has 0 bridgehead atoms. The van der Waals surface area contributed by atoms with Crippen molar-refractivity contribution in [1.82, 2.24) is 4.98 Å². The SMILES string of the molecule is CC1SCCC1c1ccncc1. The van der Waals surface area contributed by atoms with Crippen molar-refractivity contribution >= 4 is 11.8 Å². The third-order valence-corrected chi connectivity index (χ3v) is 3.84. The second-order valence-electron chi connectivity index (χ2n) is 3.25. The largest absolute Gasteiger partial charge is 0.265 e. The summed E-state index contributed by atoms with van der Waals surface area (Å²) in [5.74, 6) is 2.08. The van der Waals surface area contributed by atoms with Crippen LogP contribution >= 0.6 is 11.8 Å². The van der Waals surface area contributed by atoms with Crippen LogP contribution in [0.1, 0.15) is 24.8 Å². The average Bonchev–Trinajstić information content (AvgIpc) is 2.53. The van der Waals surface area contributed by atoms with E-state index in [9.17, 15) is 0 Å². The Bertz CT molecular complexity index is 247. The van der Waals surface area contributed by atoms with Crippen LogP contribution in [0.25, 0.3) is 0 Å². The van der Waals surface area contributed by atoms with Crippen molar-refractivity contribution in [3.05, 3.63) is 30.1 Å². The van der Waals surface area contributed by atoms with E-state index >= 15 is 0 Å². The molecule has 0 radical (unpaired) electrons. The lowest BCUT2D eigenvalue weighted by molar-refractivity contribution is 0.692. The summed E-state index contributed by atoms with van der Waals surface area (Å²) in [7, 11) is 0. The Hall–Kier alpha value is -0.500. The monoisotopic (exact) mass is 179 g/mol. The number of pyridine rings is 1. The molecule has 2 atom stereocenters. The van der Waals surface area contributed by atoms with Crippen molar-refractivity contribution in [3.63, 3.8) is 0 Å². The van der Waals surface area contributed by atoms with Crippen molar-refractivity contribution in [2.24, 2.45) is 0 Å². The third-order valence-electron chi connectivity index (χ3n) is 2.51. The first kappa shape index (κ1) is 8.11. The molecule has 12 heavy (non-hydrogen) atoms. The molecule has 1 aromatic heterocycles. The molecule has 1 aliphatic rings. The summed E-state index contributed by atoms with van der Waals surface area (Å²) in [5, 5.41) is 0.785. The van der Waals surface area contributed by atoms with Crippen LogP contribution in [0.3, 0.4) is 0 Å². The van der Waals surface area contributed by atoms with Gasteiger partial charge in [0.15, 0.2) is 0 Å². The summed E-state index contributed by atoms with van der Waals surface area (Å²) in [4.78, 5) is 4.04. The predicted molar refractivity (Wildman–Crippen MR) is 53.5 cm³/mol. The summed E-state index contributed by atoms with van der Waals surface area (Å²) in [6, 6.07) is 4.29. The summed E-state index contributed by atoms with van der Waals surface area (Å²) < 4.78 is 0. The molecule has 0 saturated carbocycles. The number of nitrogens with zero attached hydrogens (tertiary/aromatic N) is 1. The van der Waals surface area contributed by atoms with Gasteiger partial charge < -0.3 is 0 Å². The Labute approximate surface area is 77.6 Å². The normalized spacial score (nSPS) is 29.1. The van der Waals surface area contributed by atoms with Crippen LogP contribution in [0.15, 0.2) is 24.5 Å². The van der Waals surface area contributed by atoms with E-state index < -0.39 is 0 Å². The number of rotatable bonds is 1. The molecule has 2 rings (SSSR count). The third kappa shape index (κ3) is 1.48. The molecule has 0 N–H and O–H groups in total. The van der Waals surface area contributed by atoms with Crippen molar-refractivity contribution < 1.29 is 0 Å². The second kappa shape index (κ2) is 3.48. The van der Waals surface area contributed by atoms with Crippen LogP contribution in [-0.2, 0) is 0 Å². The van der Waals surface area contributed by atoms with Gasteiger partial charge in [-0.15, -0.1) is 0 Å². The Morgan fingerprint density at radius 3 is 2.75 bits per heavy atom. The van der Waals surface area contributed by atoms with E-state index in [1.54, 1.807) is 0 Å². The summed E-state index contributed by atoms with van der Waals surface area (Å²) in [5.41, 5.74) is 1.46. The molecule has 0 amide bonds. The highest BCUT2D eigenvalue weighted by molar-refractivity contribution is 8.00. The predicted octanol–water partition coefficient (Wildman–Crippen LogP) is 2.69. The molecule has 64 valence electrons. The molecule has 2 heteroatoms. The quantitative estimate of drug-likeness (QED) is 0.657. The number of hydrogen-bond acceptors (Lipinski definition) is 2. The average molecular weight is 179 g/mol. The van der Waals surface area contributed by atoms with Crippen LogP contribution < -0.4 is 0 Å². The van der Waals surface area contributed by atoms with Crippen molar-refractivity contribution in [1.29, 1.82) is 0 Å². The van der Waals surface area contributed by atoms with Gasteiger partial charge in [0.05, 0.1) is 0 Å². The molecule has 1 fully saturated rings. The highest BCUT2D eigenvalue weighted by Crippen LogP contribution is 2.38. The molecular formula is C10H13NS. The van der Waals surface area contributed by atoms with Crippen LogP contribution in [0, 0.1) is 0 Å². The van der Waals surface area contributed by atoms with Crippen LogP contribution in [0.4, 0.5) is 0 Å². The Morgan fingerprint density at radius 2 is 2.17 bits per heavy atom. The van der Waals surface area contributed by atoms with Crippen molar-refractivity contribution in [2.75, 3.05) is 5.75 Å². The fraction of sp³-hybridized carbons (Fsp3) is 0.500. The van der Waals surface area contributed by atoms with Gasteiger partial charge in [-0.25, -0.2) is 0 Å². The van der Waals surface area contributed by atoms with E-state index in [4.69, 9.17) is 0 Å². The zero-order valence-electron chi connectivity index (χ0n) is 7.23. The Kier molecular flexibility index (Phi) is 2.35. The highest BCUT2D eigenvalue weighted by atomic mass is 32.2. The van der Waals surface area contributed by atoms with Gasteiger partial charge in [0.1, 0.15) is 0 Å². The zero-order chi connectivity index (χ0) is 8.39. The van der Waals surface area contributed by atoms with Gasteiger partial charge in [0.25, 0.3) is 0 Å². The molecule has 1 aromatic rings. The maximum Gasteiger partial charge on any atom is 0.0270 e. The lowest BCUT2D eigenvalue weighted by Crippen LogP contribution is -2.04. The summed E-state index contributed by atoms with van der Waals surface area (Å²) >= 11 is 2.08. The molecule has 0 aromatic carbocycles. The molecule has 1 nitrogen and oxygen atoms in total. The van der Waals surface area contributed by atoms with Gasteiger partial charge in [-0.2, -0.15) is 11.8 Å². The molecule has 1 aliphatic heterocycles. The van der Waals surface area contributed by atoms with Crippen LogP contribution in [0.2, 0.25) is 0 Å². The number of thioether (sulfide) groups is 1. The lowest BCUT2D eigenvalue weighted by Gasteiger charge is -2.13. The van der Waals surface area contributed by atoms with Crippen molar-refractivity contribution in [2.45, 2.75) is 24.5 Å². The van der Waals surface area contributed by atoms with E-state index in [-0.39, 0.29) is 0 Å². The maximum atomic E-state index is 4.04. The zero-order valence-corrected chi connectivity index (χ0v) is 8.05. The molecule has 0 spiro atoms. The minimum atomic E-state index is 0.762. The molecular weight excluding hydrogens is 166 g/mol. The first-order valence-electron chi connectivity index (χ1n) is 4.39. The topological polar surface area (TPSA) is 12.9 Å². The molecule has 2 heterocycles. The fourth-order valence-electron chi connectivity index (χ4n) is 1.78. The van der Waals surface area contributed by atoms with E-state index in [1.807, 2.05) is 12.4 Å². The van der Waals surface area contributed by atoms with E-state index in [1.165, 1.54) is 17.7 Å². The second-order valence-corrected chi connectivity index (χ2v) is 4.74. The fourth-order valence-corrected chi connectivity index (χ4v) is 3.07. The highest BCUT2D eigenvalue weighted by Gasteiger charge is 2.24. The van der Waals surface area contributed by atoms with Crippen LogP contribution in [0.5, 0.6) is 0 Å². The van der Waals surface area contributed by atoms with Gasteiger partial charge in [0, 0.05) is 17.6 Å². The Balaban J connectivity index is 2.19. The van der Waals surface area contributed by atoms with Gasteiger partial charge >= 0.3 is 0 Å². The first-order chi connectivity index (χ1) is 5.88. The van der Waals surface area contributed by atoms with Gasteiger partial charge in [-0.3, -0.25) is 4.98 Å². The minimum Gasteiger partial charge on any atom is -0.265 e. The standard InChI is InChI=1S/C10H13NS/c1-8-10(4-7-12-8)9-2-5-11-6-3-9/h2-3,5-6,8,10H,4,7H2,1H3. The van der Waals surface area contributed by atoms with Gasteiger partial charge in [-0.05, 0) is 35.8 Å². The summed E-state index contributed by atoms with van der Waals surface area (Å²) in [6.45, 7) is 2.32. The summed E-state index contributed by atoms with van der Waals surface area (Å²) in [6.07, 6.45) is 5.12. The maximum absolute atomic E-state index is 4.04. The number of hydrogen-bond donors (Lipinski definition) is 0. The van der Waals surface area contributed by atoms with Crippen molar-refractivity contribution in [3.8, 4) is 0 Å². The molecule has 1 saturated heterocycles. The van der Waals surface area contributed by atoms with Gasteiger partial charge in [0.2, 0.25) is 0 Å². The molecule has 2 unspecified atom stereocenters. The lowest BCUT2D eigenvalue weighted by atomic mass is 9.95. The smallest absolute Gasteiger partial charge is 0.0270 e. The first-order valence-corrected chi connectivity index (χ1v) is 5.44.